The predicted molar refractivity (Wildman–Crippen MR) is 66.5 cm³/mol. The van der Waals surface area contributed by atoms with Crippen LogP contribution in [0.1, 0.15) is 33.1 Å². The molecule has 1 amide bonds. The fourth-order valence-electron chi connectivity index (χ4n) is 3.07. The first-order valence-electron chi connectivity index (χ1n) is 6.75. The van der Waals surface area contributed by atoms with Gasteiger partial charge >= 0.3 is 0 Å². The molecular formula is C13H24N2O2. The molecule has 1 aliphatic heterocycles. The van der Waals surface area contributed by atoms with Crippen LogP contribution in [0.5, 0.6) is 0 Å². The zero-order valence-corrected chi connectivity index (χ0v) is 10.9. The summed E-state index contributed by atoms with van der Waals surface area (Å²) >= 11 is 0. The molecule has 1 saturated carbocycles. The van der Waals surface area contributed by atoms with E-state index in [1.54, 1.807) is 0 Å². The van der Waals surface area contributed by atoms with Gasteiger partial charge in [0.25, 0.3) is 0 Å². The van der Waals surface area contributed by atoms with E-state index in [9.17, 15) is 4.79 Å². The van der Waals surface area contributed by atoms with E-state index in [-0.39, 0.29) is 18.1 Å². The molecule has 98 valence electrons. The summed E-state index contributed by atoms with van der Waals surface area (Å²) in [6, 6.07) is 0.206. The Kier molecular flexibility index (Phi) is 4.05. The van der Waals surface area contributed by atoms with Crippen LogP contribution in [-0.4, -0.2) is 42.6 Å². The summed E-state index contributed by atoms with van der Waals surface area (Å²) < 4.78 is 5.57. The Morgan fingerprint density at radius 3 is 2.88 bits per heavy atom. The molecule has 2 fully saturated rings. The first-order valence-corrected chi connectivity index (χ1v) is 6.75. The number of rotatable bonds is 2. The van der Waals surface area contributed by atoms with Gasteiger partial charge < -0.3 is 15.4 Å². The van der Waals surface area contributed by atoms with Gasteiger partial charge in [-0.2, -0.15) is 0 Å². The van der Waals surface area contributed by atoms with Crippen LogP contribution >= 0.6 is 0 Å². The molecule has 0 aromatic heterocycles. The molecule has 0 spiro atoms. The van der Waals surface area contributed by atoms with E-state index < -0.39 is 0 Å². The molecule has 2 aliphatic rings. The van der Waals surface area contributed by atoms with E-state index in [4.69, 9.17) is 10.5 Å². The molecule has 4 nitrogen and oxygen atoms in total. The van der Waals surface area contributed by atoms with Crippen LogP contribution in [0.4, 0.5) is 0 Å². The Hall–Kier alpha value is -0.610. The zero-order chi connectivity index (χ0) is 12.4. The van der Waals surface area contributed by atoms with Crippen molar-refractivity contribution in [2.75, 3.05) is 19.7 Å². The van der Waals surface area contributed by atoms with Crippen LogP contribution in [0.25, 0.3) is 0 Å². The summed E-state index contributed by atoms with van der Waals surface area (Å²) in [4.78, 5) is 14.5. The highest BCUT2D eigenvalue weighted by Crippen LogP contribution is 2.33. The highest BCUT2D eigenvalue weighted by Gasteiger charge is 2.37. The monoisotopic (exact) mass is 240 g/mol. The van der Waals surface area contributed by atoms with Gasteiger partial charge in [-0.25, -0.2) is 0 Å². The molecule has 2 rings (SSSR count). The van der Waals surface area contributed by atoms with Gasteiger partial charge in [0.1, 0.15) is 0 Å². The van der Waals surface area contributed by atoms with Gasteiger partial charge in [-0.1, -0.05) is 6.42 Å². The van der Waals surface area contributed by atoms with Crippen LogP contribution in [0.3, 0.4) is 0 Å². The summed E-state index contributed by atoms with van der Waals surface area (Å²) in [6.45, 7) is 6.13. The summed E-state index contributed by atoms with van der Waals surface area (Å²) in [6.07, 6.45) is 3.43. The molecule has 1 aliphatic carbocycles. The molecular weight excluding hydrogens is 216 g/mol. The summed E-state index contributed by atoms with van der Waals surface area (Å²) in [5.74, 6) is 0.862. The first-order chi connectivity index (χ1) is 8.13. The van der Waals surface area contributed by atoms with Crippen LogP contribution in [0, 0.1) is 11.8 Å². The molecule has 4 atom stereocenters. The number of carbonyl (C=O) groups is 1. The third-order valence-electron chi connectivity index (χ3n) is 4.17. The molecule has 1 heterocycles. The Morgan fingerprint density at radius 1 is 1.41 bits per heavy atom. The third kappa shape index (κ3) is 2.63. The maximum absolute atomic E-state index is 12.5. The van der Waals surface area contributed by atoms with E-state index in [0.29, 0.717) is 25.0 Å². The number of carbonyl (C=O) groups excluding carboxylic acids is 1. The van der Waals surface area contributed by atoms with Crippen molar-refractivity contribution in [1.29, 1.82) is 0 Å². The molecule has 0 radical (unpaired) electrons. The Balaban J connectivity index is 2.02. The number of nitrogens with two attached hydrogens (primary N) is 1. The van der Waals surface area contributed by atoms with Gasteiger partial charge in [0.05, 0.1) is 18.8 Å². The SMILES string of the molecule is CC1CN(C(=O)C2CCCC2CN)C(C)CO1. The maximum atomic E-state index is 12.5. The number of hydrogen-bond acceptors (Lipinski definition) is 3. The largest absolute Gasteiger partial charge is 0.375 e. The van der Waals surface area contributed by atoms with Crippen molar-refractivity contribution in [2.45, 2.75) is 45.3 Å². The second kappa shape index (κ2) is 5.36. The van der Waals surface area contributed by atoms with E-state index >= 15 is 0 Å². The molecule has 0 aromatic rings. The lowest BCUT2D eigenvalue weighted by Crippen LogP contribution is -2.52. The quantitative estimate of drug-likeness (QED) is 0.783. The average molecular weight is 240 g/mol. The number of morpholine rings is 1. The lowest BCUT2D eigenvalue weighted by Gasteiger charge is -2.39. The van der Waals surface area contributed by atoms with Crippen molar-refractivity contribution in [3.05, 3.63) is 0 Å². The maximum Gasteiger partial charge on any atom is 0.226 e. The Morgan fingerprint density at radius 2 is 2.18 bits per heavy atom. The predicted octanol–water partition coefficient (Wildman–Crippen LogP) is 0.997. The summed E-state index contributed by atoms with van der Waals surface area (Å²) in [5.41, 5.74) is 5.76. The lowest BCUT2D eigenvalue weighted by molar-refractivity contribution is -0.148. The van der Waals surface area contributed by atoms with Crippen molar-refractivity contribution in [1.82, 2.24) is 4.90 Å². The first kappa shape index (κ1) is 12.8. The standard InChI is InChI=1S/C13H24N2O2/c1-9-8-17-10(2)7-15(9)13(16)12-5-3-4-11(12)6-14/h9-12H,3-8,14H2,1-2H3. The van der Waals surface area contributed by atoms with Gasteiger partial charge in [0.15, 0.2) is 0 Å². The third-order valence-corrected chi connectivity index (χ3v) is 4.17. The van der Waals surface area contributed by atoms with Crippen molar-refractivity contribution >= 4 is 5.91 Å². The van der Waals surface area contributed by atoms with Crippen LogP contribution in [-0.2, 0) is 9.53 Å². The molecule has 17 heavy (non-hydrogen) atoms. The Bertz CT molecular complexity index is 283. The van der Waals surface area contributed by atoms with Crippen LogP contribution in [0.2, 0.25) is 0 Å². The van der Waals surface area contributed by atoms with Crippen molar-refractivity contribution < 1.29 is 9.53 Å². The molecule has 4 unspecified atom stereocenters. The van der Waals surface area contributed by atoms with E-state index in [2.05, 4.69) is 6.92 Å². The van der Waals surface area contributed by atoms with Gasteiger partial charge in [0.2, 0.25) is 5.91 Å². The molecule has 0 aromatic carbocycles. The second-order valence-electron chi connectivity index (χ2n) is 5.52. The van der Waals surface area contributed by atoms with Crippen LogP contribution < -0.4 is 5.73 Å². The smallest absolute Gasteiger partial charge is 0.226 e. The minimum Gasteiger partial charge on any atom is -0.375 e. The molecule has 4 heteroatoms. The molecule has 1 saturated heterocycles. The van der Waals surface area contributed by atoms with E-state index in [0.717, 1.165) is 25.8 Å². The van der Waals surface area contributed by atoms with Gasteiger partial charge in [-0.3, -0.25) is 4.79 Å². The van der Waals surface area contributed by atoms with Gasteiger partial charge in [-0.15, -0.1) is 0 Å². The molecule has 2 N–H and O–H groups in total. The van der Waals surface area contributed by atoms with Gasteiger partial charge in [-0.05, 0) is 39.2 Å². The summed E-state index contributed by atoms with van der Waals surface area (Å²) in [7, 11) is 0. The minimum atomic E-state index is 0.160. The van der Waals surface area contributed by atoms with Crippen molar-refractivity contribution in [3.63, 3.8) is 0 Å². The zero-order valence-electron chi connectivity index (χ0n) is 10.9. The van der Waals surface area contributed by atoms with Crippen molar-refractivity contribution in [2.24, 2.45) is 17.6 Å². The number of nitrogens with zero attached hydrogens (tertiary/aromatic N) is 1. The number of amides is 1. The topological polar surface area (TPSA) is 55.6 Å². The lowest BCUT2D eigenvalue weighted by atomic mass is 9.94. The van der Waals surface area contributed by atoms with E-state index in [1.165, 1.54) is 0 Å². The molecule has 0 bridgehead atoms. The average Bonchev–Trinajstić information content (AvgIpc) is 2.79. The van der Waals surface area contributed by atoms with Crippen LogP contribution in [0.15, 0.2) is 0 Å². The second-order valence-corrected chi connectivity index (χ2v) is 5.52. The number of ether oxygens (including phenoxy) is 1. The summed E-state index contributed by atoms with van der Waals surface area (Å²) in [5, 5.41) is 0. The number of hydrogen-bond donors (Lipinski definition) is 1. The van der Waals surface area contributed by atoms with Gasteiger partial charge in [0, 0.05) is 12.5 Å². The highest BCUT2D eigenvalue weighted by molar-refractivity contribution is 5.80. The minimum absolute atomic E-state index is 0.160. The highest BCUT2D eigenvalue weighted by atomic mass is 16.5. The Labute approximate surface area is 103 Å². The fraction of sp³-hybridized carbons (Fsp3) is 0.923. The normalized spacial score (nSPS) is 38.4. The van der Waals surface area contributed by atoms with Crippen molar-refractivity contribution in [3.8, 4) is 0 Å². The van der Waals surface area contributed by atoms with E-state index in [1.807, 2.05) is 11.8 Å². The fourth-order valence-corrected chi connectivity index (χ4v) is 3.07.